The highest BCUT2D eigenvalue weighted by atomic mass is 16.6. The Bertz CT molecular complexity index is 2300. The van der Waals surface area contributed by atoms with Crippen LogP contribution in [0.15, 0.2) is 87.9 Å². The second-order valence-electron chi connectivity index (χ2n) is 14.8. The van der Waals surface area contributed by atoms with Gasteiger partial charge in [-0.2, -0.15) is 0 Å². The van der Waals surface area contributed by atoms with Crippen molar-refractivity contribution in [1.29, 1.82) is 0 Å². The van der Waals surface area contributed by atoms with Crippen LogP contribution in [0.1, 0.15) is 105 Å². The third-order valence-electron chi connectivity index (χ3n) is 10.8. The number of phenols is 2. The number of carbonyl (C=O) groups excluding carboxylic acids is 1. The lowest BCUT2D eigenvalue weighted by atomic mass is 9.76. The van der Waals surface area contributed by atoms with Crippen molar-refractivity contribution in [3.8, 4) is 17.2 Å². The molecule has 0 saturated heterocycles. The maximum atomic E-state index is 13.9. The highest BCUT2D eigenvalue weighted by Gasteiger charge is 2.48. The van der Waals surface area contributed by atoms with E-state index >= 15 is 0 Å². The summed E-state index contributed by atoms with van der Waals surface area (Å²) in [5.41, 5.74) is 14.0. The summed E-state index contributed by atoms with van der Waals surface area (Å²) in [6.07, 6.45) is 8.53. The number of pyridine rings is 2. The van der Waals surface area contributed by atoms with Gasteiger partial charge in [-0.05, 0) is 93.0 Å². The molecule has 12 nitrogen and oxygen atoms in total. The highest BCUT2D eigenvalue weighted by molar-refractivity contribution is 5.92. The summed E-state index contributed by atoms with van der Waals surface area (Å²) in [5, 5.41) is 32.6. The molecule has 4 unspecified atom stereocenters. The number of allylic oxidation sites excluding steroid dienone is 1. The molecule has 0 fully saturated rings. The van der Waals surface area contributed by atoms with Gasteiger partial charge in [-0.15, -0.1) is 0 Å². The van der Waals surface area contributed by atoms with E-state index < -0.39 is 35.6 Å². The van der Waals surface area contributed by atoms with Crippen LogP contribution < -0.4 is 21.6 Å². The molecule has 0 aliphatic carbocycles. The normalized spacial score (nSPS) is 17.9. The van der Waals surface area contributed by atoms with Gasteiger partial charge >= 0.3 is 5.97 Å². The van der Waals surface area contributed by atoms with Crippen molar-refractivity contribution in [2.75, 3.05) is 11.5 Å². The molecular weight excluding hydrogens is 713 g/mol. The lowest BCUT2D eigenvalue weighted by Gasteiger charge is -2.45. The first-order valence-electron chi connectivity index (χ1n) is 19.0. The molecule has 0 radical (unpaired) electrons. The second kappa shape index (κ2) is 16.9. The standard InChI is InChI=1S/C44H50N4O8/c1-5-7-8-11-28(29-13-14-36(45)48-23-29)22-44(4)35(55-43(53)25(3)6-2)21-33-40(52)39-34(51)20-31(24-49)54-42(39)38(41(33)56-44)32(27-15-16-47-37(46)19-27)18-26-10-9-12-30(50)17-26/h6,9-10,12-17,19-20,23,28,32,35,49-50,52H,5,7-8,11,18,21-22,24H2,1-4H3,(H2,45,48)(H2,46,47). The number of aliphatic hydroxyl groups excluding tert-OH is 1. The van der Waals surface area contributed by atoms with E-state index in [1.807, 2.05) is 19.1 Å². The van der Waals surface area contributed by atoms with Gasteiger partial charge in [-0.1, -0.05) is 50.5 Å². The number of carbonyl (C=O) groups is 1. The highest BCUT2D eigenvalue weighted by Crippen LogP contribution is 2.52. The Morgan fingerprint density at radius 2 is 1.88 bits per heavy atom. The van der Waals surface area contributed by atoms with Crippen LogP contribution in [0.3, 0.4) is 0 Å². The fourth-order valence-corrected chi connectivity index (χ4v) is 7.72. The molecule has 0 bridgehead atoms. The Hall–Kier alpha value is -5.88. The van der Waals surface area contributed by atoms with Crippen LogP contribution in [-0.2, 0) is 29.0 Å². The zero-order valence-corrected chi connectivity index (χ0v) is 32.2. The fraction of sp³-hybridized carbons (Fsp3) is 0.364. The van der Waals surface area contributed by atoms with Crippen molar-refractivity contribution in [2.45, 2.75) is 103 Å². The van der Waals surface area contributed by atoms with E-state index in [1.165, 1.54) is 0 Å². The molecule has 5 aromatic rings. The number of hydrogen-bond acceptors (Lipinski definition) is 12. The van der Waals surface area contributed by atoms with E-state index in [4.69, 9.17) is 25.4 Å². The van der Waals surface area contributed by atoms with Crippen molar-refractivity contribution >= 4 is 28.6 Å². The van der Waals surface area contributed by atoms with Crippen molar-refractivity contribution in [1.82, 2.24) is 9.97 Å². The number of fused-ring (bicyclic) bond motifs is 2. The lowest BCUT2D eigenvalue weighted by Crippen LogP contribution is -2.52. The number of aromatic nitrogens is 2. The Balaban J connectivity index is 1.63. The minimum atomic E-state index is -1.20. The molecule has 7 N–H and O–H groups in total. The van der Waals surface area contributed by atoms with E-state index in [1.54, 1.807) is 68.7 Å². The number of hydrogen-bond donors (Lipinski definition) is 5. The summed E-state index contributed by atoms with van der Waals surface area (Å²) < 4.78 is 19.8. The van der Waals surface area contributed by atoms with E-state index in [2.05, 4.69) is 16.9 Å². The first-order valence-corrected chi connectivity index (χ1v) is 19.0. The third kappa shape index (κ3) is 8.35. The van der Waals surface area contributed by atoms with E-state index in [9.17, 15) is 24.9 Å². The average molecular weight is 763 g/mol. The molecule has 294 valence electrons. The van der Waals surface area contributed by atoms with Gasteiger partial charge in [-0.25, -0.2) is 14.8 Å². The van der Waals surface area contributed by atoms with Crippen LogP contribution in [0, 0.1) is 0 Å². The number of benzene rings is 2. The van der Waals surface area contributed by atoms with Gasteiger partial charge in [0.1, 0.15) is 63.9 Å². The van der Waals surface area contributed by atoms with Gasteiger partial charge in [0.05, 0.1) is 0 Å². The van der Waals surface area contributed by atoms with Gasteiger partial charge in [0, 0.05) is 47.5 Å². The number of esters is 1. The van der Waals surface area contributed by atoms with Gasteiger partial charge in [-0.3, -0.25) is 4.79 Å². The maximum Gasteiger partial charge on any atom is 0.333 e. The minimum Gasteiger partial charge on any atom is -0.508 e. The van der Waals surface area contributed by atoms with Gasteiger partial charge in [0.25, 0.3) is 0 Å². The van der Waals surface area contributed by atoms with Crippen molar-refractivity contribution in [3.05, 3.63) is 122 Å². The monoisotopic (exact) mass is 762 g/mol. The number of anilines is 2. The first-order chi connectivity index (χ1) is 26.8. The lowest BCUT2D eigenvalue weighted by molar-refractivity contribution is -0.159. The molecule has 2 aromatic carbocycles. The number of ether oxygens (including phenoxy) is 2. The summed E-state index contributed by atoms with van der Waals surface area (Å²) in [4.78, 5) is 36.0. The van der Waals surface area contributed by atoms with Crippen LogP contribution in [0.5, 0.6) is 17.2 Å². The van der Waals surface area contributed by atoms with Crippen LogP contribution in [0.4, 0.5) is 11.6 Å². The smallest absolute Gasteiger partial charge is 0.333 e. The molecule has 0 amide bonds. The van der Waals surface area contributed by atoms with Gasteiger partial charge in [0.2, 0.25) is 0 Å². The fourth-order valence-electron chi connectivity index (χ4n) is 7.72. The number of nitrogens with two attached hydrogens (primary N) is 2. The van der Waals surface area contributed by atoms with E-state index in [0.29, 0.717) is 28.9 Å². The van der Waals surface area contributed by atoms with Crippen LogP contribution >= 0.6 is 0 Å². The summed E-state index contributed by atoms with van der Waals surface area (Å²) in [7, 11) is 0. The number of unbranched alkanes of at least 4 members (excludes halogenated alkanes) is 2. The Morgan fingerprint density at radius 1 is 1.07 bits per heavy atom. The molecule has 4 heterocycles. The van der Waals surface area contributed by atoms with E-state index in [0.717, 1.165) is 42.9 Å². The largest absolute Gasteiger partial charge is 0.508 e. The summed E-state index contributed by atoms with van der Waals surface area (Å²) >= 11 is 0. The number of aliphatic hydroxyl groups is 1. The average Bonchev–Trinajstić information content (AvgIpc) is 3.17. The Morgan fingerprint density at radius 3 is 2.55 bits per heavy atom. The van der Waals surface area contributed by atoms with Crippen LogP contribution in [0.25, 0.3) is 11.0 Å². The molecule has 1 aliphatic heterocycles. The zero-order chi connectivity index (χ0) is 40.1. The maximum absolute atomic E-state index is 13.9. The molecule has 0 spiro atoms. The number of aromatic hydroxyl groups is 2. The van der Waals surface area contributed by atoms with Gasteiger partial charge in [0.15, 0.2) is 5.43 Å². The predicted molar refractivity (Wildman–Crippen MR) is 215 cm³/mol. The predicted octanol–water partition coefficient (Wildman–Crippen LogP) is 7.35. The SMILES string of the molecule is CC=C(C)C(=O)OC1Cc2c(c(C(Cc3cccc(O)c3)c3ccnc(N)c3)c3oc(CO)cc(=O)c3c2O)OC1(C)CC(CCCCC)c1ccc(N)nc1. The molecule has 12 heteroatoms. The summed E-state index contributed by atoms with van der Waals surface area (Å²) in [6.45, 7) is 6.89. The number of nitrogens with zero attached hydrogens (tertiary/aromatic N) is 2. The molecule has 56 heavy (non-hydrogen) atoms. The summed E-state index contributed by atoms with van der Waals surface area (Å²) in [5.74, 6) is -0.670. The number of rotatable bonds is 14. The zero-order valence-electron chi connectivity index (χ0n) is 32.2. The van der Waals surface area contributed by atoms with Crippen LogP contribution in [0.2, 0.25) is 0 Å². The Kier molecular flexibility index (Phi) is 12.0. The van der Waals surface area contributed by atoms with Crippen molar-refractivity contribution in [2.24, 2.45) is 0 Å². The molecule has 1 aliphatic rings. The molecule has 6 rings (SSSR count). The third-order valence-corrected chi connectivity index (χ3v) is 10.8. The number of phenolic OH excluding ortho intramolecular Hbond substituents is 2. The minimum absolute atomic E-state index is 0.00350. The second-order valence-corrected chi connectivity index (χ2v) is 14.8. The van der Waals surface area contributed by atoms with Crippen LogP contribution in [-0.4, -0.2) is 43.0 Å². The van der Waals surface area contributed by atoms with Crippen molar-refractivity contribution in [3.63, 3.8) is 0 Å². The van der Waals surface area contributed by atoms with Crippen molar-refractivity contribution < 1.29 is 34.0 Å². The molecule has 3 aromatic heterocycles. The topological polar surface area (TPSA) is 204 Å². The quantitative estimate of drug-likeness (QED) is 0.0428. The number of nitrogen functional groups attached to an aromatic ring is 2. The molecule has 4 atom stereocenters. The first kappa shape index (κ1) is 39.8. The summed E-state index contributed by atoms with van der Waals surface area (Å²) in [6, 6.07) is 15.2. The molecular formula is C44H50N4O8. The molecule has 0 saturated carbocycles. The van der Waals surface area contributed by atoms with Gasteiger partial charge < -0.3 is 40.7 Å². The Labute approximate surface area is 325 Å². The van der Waals surface area contributed by atoms with E-state index in [-0.39, 0.29) is 64.1 Å².